The van der Waals surface area contributed by atoms with E-state index in [0.717, 1.165) is 43.0 Å². The number of aromatic nitrogens is 1. The first-order chi connectivity index (χ1) is 16.2. The van der Waals surface area contributed by atoms with E-state index in [2.05, 4.69) is 24.5 Å². The Hall–Kier alpha value is -3.03. The minimum atomic E-state index is -1.04. The van der Waals surface area contributed by atoms with Crippen molar-refractivity contribution in [2.24, 2.45) is 5.92 Å². The lowest BCUT2D eigenvalue weighted by Gasteiger charge is -2.45. The largest absolute Gasteiger partial charge is 0.497 e. The zero-order valence-corrected chi connectivity index (χ0v) is 20.9. The quantitative estimate of drug-likeness (QED) is 0.644. The molecule has 0 radical (unpaired) electrons. The van der Waals surface area contributed by atoms with E-state index >= 15 is 0 Å². The Morgan fingerprint density at radius 1 is 1.24 bits per heavy atom. The van der Waals surface area contributed by atoms with Gasteiger partial charge in [0.1, 0.15) is 17.0 Å². The van der Waals surface area contributed by atoms with Gasteiger partial charge in [-0.05, 0) is 50.3 Å². The second-order valence-electron chi connectivity index (χ2n) is 10.2. The normalized spacial score (nSPS) is 20.6. The van der Waals surface area contributed by atoms with Gasteiger partial charge in [-0.25, -0.2) is 0 Å². The number of methoxy groups -OCH3 is 1. The summed E-state index contributed by atoms with van der Waals surface area (Å²) in [5, 5.41) is 6.83. The van der Waals surface area contributed by atoms with Crippen LogP contribution in [0.15, 0.2) is 18.2 Å². The van der Waals surface area contributed by atoms with Gasteiger partial charge in [-0.3, -0.25) is 14.4 Å². The summed E-state index contributed by atoms with van der Waals surface area (Å²) in [4.78, 5) is 41.6. The maximum Gasteiger partial charge on any atom is 0.273 e. The van der Waals surface area contributed by atoms with Crippen molar-refractivity contribution in [2.45, 2.75) is 77.9 Å². The van der Waals surface area contributed by atoms with Gasteiger partial charge in [-0.15, -0.1) is 0 Å². The van der Waals surface area contributed by atoms with Crippen LogP contribution in [-0.4, -0.2) is 52.4 Å². The molecule has 1 atom stereocenters. The Bertz CT molecular complexity index is 1120. The molecule has 1 unspecified atom stereocenters. The predicted molar refractivity (Wildman–Crippen MR) is 132 cm³/mol. The van der Waals surface area contributed by atoms with Gasteiger partial charge in [0, 0.05) is 24.9 Å². The van der Waals surface area contributed by atoms with Gasteiger partial charge in [0.15, 0.2) is 0 Å². The van der Waals surface area contributed by atoms with Gasteiger partial charge < -0.3 is 24.8 Å². The number of carbonyl (C=O) groups excluding carboxylic acids is 3. The first-order valence-electron chi connectivity index (χ1n) is 12.3. The molecule has 1 saturated carbocycles. The molecule has 0 bridgehead atoms. The molecule has 1 aromatic carbocycles. The van der Waals surface area contributed by atoms with Crippen LogP contribution in [0.4, 0.5) is 5.69 Å². The van der Waals surface area contributed by atoms with Crippen molar-refractivity contribution in [1.29, 1.82) is 0 Å². The summed E-state index contributed by atoms with van der Waals surface area (Å²) in [6, 6.07) is 5.70. The second-order valence-corrected chi connectivity index (χ2v) is 10.2. The molecule has 8 heteroatoms. The van der Waals surface area contributed by atoms with E-state index in [1.807, 2.05) is 29.7 Å². The fourth-order valence-corrected chi connectivity index (χ4v) is 5.24. The number of nitrogens with one attached hydrogen (secondary N) is 2. The van der Waals surface area contributed by atoms with Crippen molar-refractivity contribution in [3.05, 3.63) is 23.9 Å². The molecule has 3 amide bonds. The van der Waals surface area contributed by atoms with Crippen molar-refractivity contribution < 1.29 is 19.1 Å². The summed E-state index contributed by atoms with van der Waals surface area (Å²) in [6.07, 6.45) is 4.97. The fraction of sp³-hybridized carbons (Fsp3) is 0.577. The SMILES string of the molecule is COc1ccc2c(c1)c(NC(C)=O)c1n2CC(C)(C(=O)NC2CCCC2)N(CCC(C)C)C1=O. The number of anilines is 1. The first-order valence-corrected chi connectivity index (χ1v) is 12.3. The standard InChI is InChI=1S/C26H36N4O4/c1-16(2)12-13-30-24(32)23-22(27-17(3)31)20-14-19(34-5)10-11-21(20)29(23)15-26(30,4)25(33)28-18-8-6-7-9-18/h10-11,14,16,18H,6-9,12-13,15H2,1-5H3,(H,27,31)(H,28,33). The number of carbonyl (C=O) groups is 3. The molecule has 1 aliphatic heterocycles. The smallest absolute Gasteiger partial charge is 0.273 e. The van der Waals surface area contributed by atoms with Crippen LogP contribution in [0.3, 0.4) is 0 Å². The van der Waals surface area contributed by atoms with E-state index < -0.39 is 5.54 Å². The average molecular weight is 469 g/mol. The number of hydrogen-bond acceptors (Lipinski definition) is 4. The monoisotopic (exact) mass is 468 g/mol. The van der Waals surface area contributed by atoms with Gasteiger partial charge in [0.05, 0.1) is 24.9 Å². The van der Waals surface area contributed by atoms with Crippen LogP contribution in [0.5, 0.6) is 5.75 Å². The highest BCUT2D eigenvalue weighted by atomic mass is 16.5. The molecule has 1 aliphatic carbocycles. The van der Waals surface area contributed by atoms with Gasteiger partial charge >= 0.3 is 0 Å². The number of hydrogen-bond donors (Lipinski definition) is 2. The van der Waals surface area contributed by atoms with Gasteiger partial charge in [0.2, 0.25) is 11.8 Å². The number of fused-ring (bicyclic) bond motifs is 3. The lowest BCUT2D eigenvalue weighted by molar-refractivity contribution is -0.133. The number of amides is 3. The molecule has 1 fully saturated rings. The molecular weight excluding hydrogens is 432 g/mol. The Morgan fingerprint density at radius 2 is 1.94 bits per heavy atom. The van der Waals surface area contributed by atoms with E-state index in [4.69, 9.17) is 4.74 Å². The van der Waals surface area contributed by atoms with E-state index in [0.29, 0.717) is 36.1 Å². The van der Waals surface area contributed by atoms with Crippen molar-refractivity contribution >= 4 is 34.3 Å². The Balaban J connectivity index is 1.85. The van der Waals surface area contributed by atoms with Crippen LogP contribution in [0.25, 0.3) is 10.9 Å². The third kappa shape index (κ3) is 4.26. The summed E-state index contributed by atoms with van der Waals surface area (Å²) >= 11 is 0. The topological polar surface area (TPSA) is 92.7 Å². The van der Waals surface area contributed by atoms with E-state index in [9.17, 15) is 14.4 Å². The van der Waals surface area contributed by atoms with E-state index in [1.54, 1.807) is 12.0 Å². The number of rotatable bonds is 7. The van der Waals surface area contributed by atoms with Crippen LogP contribution in [-0.2, 0) is 16.1 Å². The summed E-state index contributed by atoms with van der Waals surface area (Å²) in [6.45, 7) is 8.29. The summed E-state index contributed by atoms with van der Waals surface area (Å²) in [7, 11) is 1.58. The lowest BCUT2D eigenvalue weighted by atomic mass is 9.93. The number of benzene rings is 1. The molecule has 2 heterocycles. The lowest BCUT2D eigenvalue weighted by Crippen LogP contribution is -2.65. The summed E-state index contributed by atoms with van der Waals surface area (Å²) < 4.78 is 7.29. The third-order valence-electron chi connectivity index (χ3n) is 7.19. The minimum absolute atomic E-state index is 0.112. The molecular formula is C26H36N4O4. The molecule has 8 nitrogen and oxygen atoms in total. The maximum absolute atomic E-state index is 14.1. The Kier molecular flexibility index (Phi) is 6.60. The highest BCUT2D eigenvalue weighted by Crippen LogP contribution is 2.40. The van der Waals surface area contributed by atoms with Crippen LogP contribution < -0.4 is 15.4 Å². The van der Waals surface area contributed by atoms with Crippen molar-refractivity contribution in [3.63, 3.8) is 0 Å². The highest BCUT2D eigenvalue weighted by molar-refractivity contribution is 6.14. The molecule has 0 saturated heterocycles. The zero-order chi connectivity index (χ0) is 24.6. The molecule has 2 aromatic rings. The maximum atomic E-state index is 14.1. The van der Waals surface area contributed by atoms with Crippen LogP contribution >= 0.6 is 0 Å². The molecule has 2 N–H and O–H groups in total. The second kappa shape index (κ2) is 9.31. The molecule has 184 valence electrons. The number of nitrogens with zero attached hydrogens (tertiary/aromatic N) is 2. The molecule has 1 aromatic heterocycles. The van der Waals surface area contributed by atoms with Crippen LogP contribution in [0.1, 0.15) is 70.3 Å². The predicted octanol–water partition coefficient (Wildman–Crippen LogP) is 3.93. The highest BCUT2D eigenvalue weighted by Gasteiger charge is 2.49. The van der Waals surface area contributed by atoms with Gasteiger partial charge in [-0.1, -0.05) is 26.7 Å². The number of ether oxygens (including phenoxy) is 1. The Labute approximate surface area is 201 Å². The molecule has 4 rings (SSSR count). The first kappa shape index (κ1) is 24.1. The fourth-order valence-electron chi connectivity index (χ4n) is 5.24. The molecule has 0 spiro atoms. The van der Waals surface area contributed by atoms with Crippen molar-refractivity contribution in [2.75, 3.05) is 19.0 Å². The average Bonchev–Trinajstić information content (AvgIpc) is 3.39. The molecule has 2 aliphatic rings. The van der Waals surface area contributed by atoms with Crippen molar-refractivity contribution in [1.82, 2.24) is 14.8 Å². The third-order valence-corrected chi connectivity index (χ3v) is 7.19. The minimum Gasteiger partial charge on any atom is -0.497 e. The van der Waals surface area contributed by atoms with Gasteiger partial charge in [-0.2, -0.15) is 0 Å². The van der Waals surface area contributed by atoms with Crippen molar-refractivity contribution in [3.8, 4) is 5.75 Å². The van der Waals surface area contributed by atoms with E-state index in [-0.39, 0.29) is 23.8 Å². The summed E-state index contributed by atoms with van der Waals surface area (Å²) in [5.74, 6) is 0.398. The van der Waals surface area contributed by atoms with Crippen LogP contribution in [0.2, 0.25) is 0 Å². The van der Waals surface area contributed by atoms with Crippen LogP contribution in [0, 0.1) is 5.92 Å². The van der Waals surface area contributed by atoms with E-state index in [1.165, 1.54) is 6.92 Å². The summed E-state index contributed by atoms with van der Waals surface area (Å²) in [5.41, 5.74) is 0.629. The Morgan fingerprint density at radius 3 is 2.56 bits per heavy atom. The van der Waals surface area contributed by atoms with Gasteiger partial charge in [0.25, 0.3) is 5.91 Å². The molecule has 34 heavy (non-hydrogen) atoms. The zero-order valence-electron chi connectivity index (χ0n) is 20.9.